The monoisotopic (exact) mass is 316 g/mol. The van der Waals surface area contributed by atoms with Crippen molar-refractivity contribution in [1.82, 2.24) is 10.2 Å². The normalized spacial score (nSPS) is 23.3. The van der Waals surface area contributed by atoms with Crippen LogP contribution in [0, 0.1) is 11.3 Å². The Labute approximate surface area is 138 Å². The van der Waals surface area contributed by atoms with Crippen molar-refractivity contribution in [1.29, 1.82) is 0 Å². The Bertz CT molecular complexity index is 511. The van der Waals surface area contributed by atoms with Gasteiger partial charge in [0.25, 0.3) is 0 Å². The highest BCUT2D eigenvalue weighted by molar-refractivity contribution is 5.76. The quantitative estimate of drug-likeness (QED) is 0.871. The number of nitrogens with zero attached hydrogens (tertiary/aromatic N) is 1. The second-order valence-electron chi connectivity index (χ2n) is 7.11. The Hall–Kier alpha value is -1.39. The number of nitrogens with one attached hydrogen (secondary N) is 1. The number of rotatable bonds is 5. The van der Waals surface area contributed by atoms with Gasteiger partial charge in [0.2, 0.25) is 5.91 Å². The summed E-state index contributed by atoms with van der Waals surface area (Å²) < 4.78 is 0. The Kier molecular flexibility index (Phi) is 5.34. The minimum absolute atomic E-state index is 0.148. The molecule has 1 spiro atoms. The van der Waals surface area contributed by atoms with E-state index in [2.05, 4.69) is 17.4 Å². The molecule has 2 saturated heterocycles. The smallest absolute Gasteiger partial charge is 0.222 e. The third-order valence-electron chi connectivity index (χ3n) is 5.68. The van der Waals surface area contributed by atoms with E-state index in [1.165, 1.54) is 5.56 Å². The number of carbonyl (C=O) groups excluding carboxylic acids is 1. The number of likely N-dealkylation sites (tertiary alicyclic amines) is 1. The van der Waals surface area contributed by atoms with E-state index >= 15 is 0 Å². The van der Waals surface area contributed by atoms with Crippen LogP contribution in [-0.4, -0.2) is 48.7 Å². The molecule has 1 amide bonds. The summed E-state index contributed by atoms with van der Waals surface area (Å²) in [7, 11) is 0. The number of hydrogen-bond donors (Lipinski definition) is 2. The van der Waals surface area contributed by atoms with Crippen molar-refractivity contribution in [2.75, 3.05) is 32.8 Å². The lowest BCUT2D eigenvalue weighted by atomic mass is 9.71. The maximum absolute atomic E-state index is 12.6. The Morgan fingerprint density at radius 1 is 1.26 bits per heavy atom. The largest absolute Gasteiger partial charge is 0.396 e. The van der Waals surface area contributed by atoms with Gasteiger partial charge in [0.1, 0.15) is 0 Å². The number of aliphatic hydroxyl groups excluding tert-OH is 1. The van der Waals surface area contributed by atoms with Gasteiger partial charge in [-0.25, -0.2) is 0 Å². The molecule has 0 bridgehead atoms. The van der Waals surface area contributed by atoms with Crippen LogP contribution < -0.4 is 5.32 Å². The van der Waals surface area contributed by atoms with Gasteiger partial charge in [-0.15, -0.1) is 0 Å². The number of benzene rings is 1. The number of amides is 1. The second-order valence-corrected chi connectivity index (χ2v) is 7.11. The second kappa shape index (κ2) is 7.45. The highest BCUT2D eigenvalue weighted by Crippen LogP contribution is 2.43. The standard InChI is InChI=1S/C19H28N2O2/c22-14-17-13-21(15-19(17)9-11-20-12-10-19)18(23)8-4-7-16-5-2-1-3-6-16/h1-3,5-6,17,20,22H,4,7-15H2. The molecule has 2 N–H and O–H groups in total. The molecule has 1 unspecified atom stereocenters. The molecule has 1 atom stereocenters. The van der Waals surface area contributed by atoms with Crippen LogP contribution >= 0.6 is 0 Å². The van der Waals surface area contributed by atoms with E-state index in [-0.39, 0.29) is 23.8 Å². The molecule has 4 nitrogen and oxygen atoms in total. The van der Waals surface area contributed by atoms with E-state index in [9.17, 15) is 9.90 Å². The molecular formula is C19H28N2O2. The Morgan fingerprint density at radius 2 is 2.00 bits per heavy atom. The summed E-state index contributed by atoms with van der Waals surface area (Å²) in [6.45, 7) is 3.79. The Balaban J connectivity index is 1.52. The average molecular weight is 316 g/mol. The molecule has 3 rings (SSSR count). The fourth-order valence-electron chi connectivity index (χ4n) is 4.21. The molecule has 23 heavy (non-hydrogen) atoms. The number of aliphatic hydroxyl groups is 1. The minimum Gasteiger partial charge on any atom is -0.396 e. The van der Waals surface area contributed by atoms with Crippen molar-refractivity contribution in [3.63, 3.8) is 0 Å². The molecule has 1 aromatic carbocycles. The molecule has 2 aliphatic rings. The van der Waals surface area contributed by atoms with Crippen LogP contribution in [0.4, 0.5) is 0 Å². The zero-order chi connectivity index (χ0) is 16.1. The SMILES string of the molecule is O=C(CCCc1ccccc1)N1CC(CO)C2(CCNCC2)C1. The molecule has 0 saturated carbocycles. The minimum atomic E-state index is 0.148. The van der Waals surface area contributed by atoms with E-state index in [1.807, 2.05) is 23.1 Å². The first kappa shape index (κ1) is 16.5. The van der Waals surface area contributed by atoms with Gasteiger partial charge in [-0.3, -0.25) is 4.79 Å². The number of carbonyl (C=O) groups is 1. The molecule has 1 aromatic rings. The molecule has 2 aliphatic heterocycles. The summed E-state index contributed by atoms with van der Waals surface area (Å²) in [6, 6.07) is 10.3. The highest BCUT2D eigenvalue weighted by Gasteiger charge is 2.47. The Morgan fingerprint density at radius 3 is 2.70 bits per heavy atom. The summed E-state index contributed by atoms with van der Waals surface area (Å²) in [5.74, 6) is 0.512. The highest BCUT2D eigenvalue weighted by atomic mass is 16.3. The van der Waals surface area contributed by atoms with E-state index in [1.54, 1.807) is 0 Å². The molecule has 2 fully saturated rings. The van der Waals surface area contributed by atoms with Gasteiger partial charge in [-0.1, -0.05) is 30.3 Å². The molecule has 0 aliphatic carbocycles. The predicted molar refractivity (Wildman–Crippen MR) is 91.1 cm³/mol. The van der Waals surface area contributed by atoms with Gasteiger partial charge in [0.15, 0.2) is 0 Å². The molecule has 126 valence electrons. The topological polar surface area (TPSA) is 52.6 Å². The number of aryl methyl sites for hydroxylation is 1. The lowest BCUT2D eigenvalue weighted by Gasteiger charge is -2.37. The van der Waals surface area contributed by atoms with Crippen LogP contribution in [0.1, 0.15) is 31.2 Å². The summed E-state index contributed by atoms with van der Waals surface area (Å²) in [5, 5.41) is 13.1. The fraction of sp³-hybridized carbons (Fsp3) is 0.632. The van der Waals surface area contributed by atoms with Crippen molar-refractivity contribution >= 4 is 5.91 Å². The summed E-state index contributed by atoms with van der Waals surface area (Å²) in [6.07, 6.45) is 4.62. The van der Waals surface area contributed by atoms with Gasteiger partial charge < -0.3 is 15.3 Å². The van der Waals surface area contributed by atoms with Crippen LogP contribution in [0.2, 0.25) is 0 Å². The first-order chi connectivity index (χ1) is 11.2. The molecular weight excluding hydrogens is 288 g/mol. The van der Waals surface area contributed by atoms with Crippen LogP contribution in [-0.2, 0) is 11.2 Å². The number of piperidine rings is 1. The first-order valence-corrected chi connectivity index (χ1v) is 8.87. The van der Waals surface area contributed by atoms with Crippen molar-refractivity contribution in [3.8, 4) is 0 Å². The molecule has 0 radical (unpaired) electrons. The maximum atomic E-state index is 12.6. The van der Waals surface area contributed by atoms with E-state index in [0.717, 1.165) is 51.9 Å². The van der Waals surface area contributed by atoms with Gasteiger partial charge in [0.05, 0.1) is 0 Å². The molecule has 0 aromatic heterocycles. The van der Waals surface area contributed by atoms with Crippen molar-refractivity contribution in [2.24, 2.45) is 11.3 Å². The zero-order valence-electron chi connectivity index (χ0n) is 13.8. The van der Waals surface area contributed by atoms with Crippen LogP contribution in [0.15, 0.2) is 30.3 Å². The zero-order valence-corrected chi connectivity index (χ0v) is 13.8. The van der Waals surface area contributed by atoms with Crippen LogP contribution in [0.25, 0.3) is 0 Å². The lowest BCUT2D eigenvalue weighted by molar-refractivity contribution is -0.130. The van der Waals surface area contributed by atoms with Crippen molar-refractivity contribution in [3.05, 3.63) is 35.9 Å². The van der Waals surface area contributed by atoms with E-state index in [0.29, 0.717) is 6.42 Å². The van der Waals surface area contributed by atoms with Crippen molar-refractivity contribution in [2.45, 2.75) is 32.1 Å². The molecule has 4 heteroatoms. The molecule has 2 heterocycles. The first-order valence-electron chi connectivity index (χ1n) is 8.87. The summed E-state index contributed by atoms with van der Waals surface area (Å²) in [5.41, 5.74) is 1.44. The van der Waals surface area contributed by atoms with Gasteiger partial charge in [0, 0.05) is 32.0 Å². The van der Waals surface area contributed by atoms with Gasteiger partial charge in [-0.05, 0) is 49.8 Å². The lowest BCUT2D eigenvalue weighted by Crippen LogP contribution is -2.43. The summed E-state index contributed by atoms with van der Waals surface area (Å²) >= 11 is 0. The number of hydrogen-bond acceptors (Lipinski definition) is 3. The van der Waals surface area contributed by atoms with E-state index < -0.39 is 0 Å². The van der Waals surface area contributed by atoms with E-state index in [4.69, 9.17) is 0 Å². The van der Waals surface area contributed by atoms with Gasteiger partial charge >= 0.3 is 0 Å². The fourth-order valence-corrected chi connectivity index (χ4v) is 4.21. The average Bonchev–Trinajstić information content (AvgIpc) is 2.94. The predicted octanol–water partition coefficient (Wildman–Crippen LogP) is 1.83. The third kappa shape index (κ3) is 3.75. The van der Waals surface area contributed by atoms with Gasteiger partial charge in [-0.2, -0.15) is 0 Å². The summed E-state index contributed by atoms with van der Waals surface area (Å²) in [4.78, 5) is 14.6. The van der Waals surface area contributed by atoms with Crippen molar-refractivity contribution < 1.29 is 9.90 Å². The maximum Gasteiger partial charge on any atom is 0.222 e. The van der Waals surface area contributed by atoms with Crippen LogP contribution in [0.3, 0.4) is 0 Å². The third-order valence-corrected chi connectivity index (χ3v) is 5.68. The van der Waals surface area contributed by atoms with Crippen LogP contribution in [0.5, 0.6) is 0 Å².